The Labute approximate surface area is 149 Å². The third-order valence-corrected chi connectivity index (χ3v) is 10.2. The van der Waals surface area contributed by atoms with Crippen LogP contribution in [-0.2, 0) is 0 Å². The third-order valence-electron chi connectivity index (χ3n) is 10.2. The van der Waals surface area contributed by atoms with Crippen LogP contribution in [0.25, 0.3) is 0 Å². The summed E-state index contributed by atoms with van der Waals surface area (Å²) in [5.41, 5.74) is 3.01. The maximum atomic E-state index is 4.45. The number of hydrogen-bond acceptors (Lipinski definition) is 0. The Hall–Kier alpha value is -0.260. The molecular formula is C24H38. The van der Waals surface area contributed by atoms with Crippen molar-refractivity contribution in [3.8, 4) is 0 Å². The van der Waals surface area contributed by atoms with E-state index in [1.165, 1.54) is 38.5 Å². The summed E-state index contributed by atoms with van der Waals surface area (Å²) in [6, 6.07) is 0. The largest absolute Gasteiger partial charge is 0.0998 e. The second kappa shape index (κ2) is 5.37. The molecule has 5 aliphatic rings. The molecule has 5 rings (SSSR count). The average Bonchev–Trinajstić information content (AvgIpc) is 2.94. The van der Waals surface area contributed by atoms with Crippen molar-refractivity contribution in [3.63, 3.8) is 0 Å². The highest BCUT2D eigenvalue weighted by Gasteiger charge is 2.61. The van der Waals surface area contributed by atoms with E-state index in [-0.39, 0.29) is 0 Å². The van der Waals surface area contributed by atoms with Crippen molar-refractivity contribution in [3.05, 3.63) is 12.2 Å². The van der Waals surface area contributed by atoms with Gasteiger partial charge >= 0.3 is 0 Å². The van der Waals surface area contributed by atoms with Crippen LogP contribution in [0.2, 0.25) is 0 Å². The van der Waals surface area contributed by atoms with Crippen LogP contribution >= 0.6 is 0 Å². The van der Waals surface area contributed by atoms with E-state index in [0.717, 1.165) is 35.5 Å². The molecular weight excluding hydrogens is 288 g/mol. The lowest BCUT2D eigenvalue weighted by atomic mass is 9.43. The summed E-state index contributed by atoms with van der Waals surface area (Å²) in [4.78, 5) is 0. The molecule has 0 aromatic rings. The van der Waals surface area contributed by atoms with Crippen molar-refractivity contribution in [2.75, 3.05) is 0 Å². The van der Waals surface area contributed by atoms with Gasteiger partial charge in [-0.25, -0.2) is 0 Å². The summed E-state index contributed by atoms with van der Waals surface area (Å²) in [5, 5.41) is 0. The van der Waals surface area contributed by atoms with Crippen molar-refractivity contribution in [1.82, 2.24) is 0 Å². The number of allylic oxidation sites excluding steroid dienone is 1. The zero-order valence-corrected chi connectivity index (χ0v) is 16.2. The fourth-order valence-electron chi connectivity index (χ4n) is 9.12. The van der Waals surface area contributed by atoms with E-state index >= 15 is 0 Å². The summed E-state index contributed by atoms with van der Waals surface area (Å²) in [6.45, 7) is 9.69. The molecule has 7 unspecified atom stereocenters. The molecule has 0 bridgehead atoms. The SMILES string of the molecule is C=C1CCC2CCC3C4CCC5C[C@H](C)CCC5(C)C4CCC23C1. The van der Waals surface area contributed by atoms with Gasteiger partial charge in [-0.2, -0.15) is 0 Å². The average molecular weight is 327 g/mol. The summed E-state index contributed by atoms with van der Waals surface area (Å²) in [5.74, 6) is 6.31. The maximum absolute atomic E-state index is 4.45. The molecule has 0 heteroatoms. The zero-order valence-electron chi connectivity index (χ0n) is 16.2. The summed E-state index contributed by atoms with van der Waals surface area (Å²) in [7, 11) is 0. The molecule has 0 heterocycles. The molecule has 0 N–H and O–H groups in total. The van der Waals surface area contributed by atoms with Crippen LogP contribution in [0.3, 0.4) is 0 Å². The van der Waals surface area contributed by atoms with E-state index in [1.54, 1.807) is 44.1 Å². The van der Waals surface area contributed by atoms with Crippen molar-refractivity contribution in [1.29, 1.82) is 0 Å². The first-order valence-corrected chi connectivity index (χ1v) is 11.2. The Kier molecular flexibility index (Phi) is 3.57. The predicted molar refractivity (Wildman–Crippen MR) is 102 cm³/mol. The van der Waals surface area contributed by atoms with Gasteiger partial charge in [-0.1, -0.05) is 32.4 Å². The number of hydrogen-bond donors (Lipinski definition) is 0. The lowest BCUT2D eigenvalue weighted by Gasteiger charge is -2.62. The lowest BCUT2D eigenvalue weighted by molar-refractivity contribution is -0.124. The smallest absolute Gasteiger partial charge is 0.0201 e. The Morgan fingerprint density at radius 2 is 1.71 bits per heavy atom. The highest BCUT2D eigenvalue weighted by Crippen LogP contribution is 2.70. The van der Waals surface area contributed by atoms with Crippen molar-refractivity contribution in [2.24, 2.45) is 46.3 Å². The summed E-state index contributed by atoms with van der Waals surface area (Å²) >= 11 is 0. The minimum atomic E-state index is 0.695. The fourth-order valence-corrected chi connectivity index (χ4v) is 9.12. The topological polar surface area (TPSA) is 0 Å². The number of rotatable bonds is 0. The Morgan fingerprint density at radius 1 is 0.875 bits per heavy atom. The molecule has 0 saturated heterocycles. The van der Waals surface area contributed by atoms with Crippen LogP contribution in [0.4, 0.5) is 0 Å². The Balaban J connectivity index is 1.45. The van der Waals surface area contributed by atoms with Gasteiger partial charge in [0.15, 0.2) is 0 Å². The predicted octanol–water partition coefficient (Wildman–Crippen LogP) is 7.00. The molecule has 0 nitrogen and oxygen atoms in total. The second-order valence-corrected chi connectivity index (χ2v) is 11.0. The summed E-state index contributed by atoms with van der Waals surface area (Å²) in [6.07, 6.45) is 18.2. The lowest BCUT2D eigenvalue weighted by Crippen LogP contribution is -2.54. The van der Waals surface area contributed by atoms with Crippen LogP contribution in [0.15, 0.2) is 12.2 Å². The van der Waals surface area contributed by atoms with Crippen molar-refractivity contribution < 1.29 is 0 Å². The van der Waals surface area contributed by atoms with Crippen LogP contribution < -0.4 is 0 Å². The van der Waals surface area contributed by atoms with Gasteiger partial charge in [-0.15, -0.1) is 0 Å². The third kappa shape index (κ3) is 2.04. The van der Waals surface area contributed by atoms with Crippen LogP contribution in [0.5, 0.6) is 0 Å². The maximum Gasteiger partial charge on any atom is -0.0201 e. The molecule has 0 aromatic carbocycles. The number of fused-ring (bicyclic) bond motifs is 4. The molecule has 134 valence electrons. The Morgan fingerprint density at radius 3 is 2.58 bits per heavy atom. The van der Waals surface area contributed by atoms with E-state index in [9.17, 15) is 0 Å². The normalized spacial score (nSPS) is 56.8. The van der Waals surface area contributed by atoms with Gasteiger partial charge in [0.1, 0.15) is 0 Å². The van der Waals surface area contributed by atoms with Crippen molar-refractivity contribution >= 4 is 0 Å². The molecule has 24 heavy (non-hydrogen) atoms. The Bertz CT molecular complexity index is 532. The van der Waals surface area contributed by atoms with E-state index < -0.39 is 0 Å². The minimum Gasteiger partial charge on any atom is -0.0998 e. The minimum absolute atomic E-state index is 0.695. The van der Waals surface area contributed by atoms with Gasteiger partial charge in [-0.3, -0.25) is 0 Å². The first kappa shape index (κ1) is 16.0. The van der Waals surface area contributed by atoms with Gasteiger partial charge in [0.2, 0.25) is 0 Å². The first-order valence-electron chi connectivity index (χ1n) is 11.2. The van der Waals surface area contributed by atoms with E-state index in [2.05, 4.69) is 20.4 Å². The van der Waals surface area contributed by atoms with E-state index in [1.807, 2.05) is 0 Å². The molecule has 8 atom stereocenters. The molecule has 0 amide bonds. The van der Waals surface area contributed by atoms with Crippen LogP contribution in [-0.4, -0.2) is 0 Å². The molecule has 0 aliphatic heterocycles. The highest BCUT2D eigenvalue weighted by atomic mass is 14.7. The molecule has 5 fully saturated rings. The van der Waals surface area contributed by atoms with E-state index in [4.69, 9.17) is 0 Å². The van der Waals surface area contributed by atoms with Gasteiger partial charge in [0.05, 0.1) is 0 Å². The summed E-state index contributed by atoms with van der Waals surface area (Å²) < 4.78 is 0. The van der Waals surface area contributed by atoms with E-state index in [0.29, 0.717) is 10.8 Å². The molecule has 5 saturated carbocycles. The van der Waals surface area contributed by atoms with Gasteiger partial charge in [-0.05, 0) is 117 Å². The molecule has 1 spiro atoms. The van der Waals surface area contributed by atoms with Gasteiger partial charge in [0.25, 0.3) is 0 Å². The van der Waals surface area contributed by atoms with Crippen LogP contribution in [0.1, 0.15) is 90.9 Å². The zero-order chi connectivity index (χ0) is 16.5. The quantitative estimate of drug-likeness (QED) is 0.420. The highest BCUT2D eigenvalue weighted by molar-refractivity contribution is 5.17. The first-order chi connectivity index (χ1) is 11.5. The van der Waals surface area contributed by atoms with Gasteiger partial charge in [0, 0.05) is 0 Å². The monoisotopic (exact) mass is 326 g/mol. The molecule has 0 aromatic heterocycles. The van der Waals surface area contributed by atoms with Crippen LogP contribution in [0, 0.1) is 46.3 Å². The standard InChI is InChI=1S/C24H38/c1-16-10-12-23(3)19(14-16)6-8-20-21(23)11-13-24-15-17(2)4-5-18(24)7-9-22(20)24/h16,18-22H,2,4-15H2,1,3H3/t16-,18?,19?,20?,21?,22?,23?,24?/m1/s1. The molecule has 0 radical (unpaired) electrons. The van der Waals surface area contributed by atoms with Crippen molar-refractivity contribution in [2.45, 2.75) is 90.9 Å². The second-order valence-electron chi connectivity index (χ2n) is 11.0. The fraction of sp³-hybridized carbons (Fsp3) is 0.917. The van der Waals surface area contributed by atoms with Gasteiger partial charge < -0.3 is 0 Å². The molecule has 5 aliphatic carbocycles.